The van der Waals surface area contributed by atoms with E-state index in [4.69, 9.17) is 9.72 Å². The summed E-state index contributed by atoms with van der Waals surface area (Å²) in [7, 11) is 0. The van der Waals surface area contributed by atoms with Crippen molar-refractivity contribution in [1.82, 2.24) is 9.88 Å². The number of alkyl halides is 3. The number of hydrogen-bond acceptors (Lipinski definition) is 5. The molecule has 9 heteroatoms. The lowest BCUT2D eigenvalue weighted by molar-refractivity contribution is -0.160. The van der Waals surface area contributed by atoms with Crippen molar-refractivity contribution in [2.24, 2.45) is 5.41 Å². The fraction of sp³-hybridized carbons (Fsp3) is 0.526. The molecule has 0 amide bonds. The predicted octanol–water partition coefficient (Wildman–Crippen LogP) is 8.82. The van der Waals surface area contributed by atoms with Crippen LogP contribution in [0.4, 0.5) is 18.9 Å². The van der Waals surface area contributed by atoms with Crippen LogP contribution in [-0.2, 0) is 35.2 Å². The number of aryl methyl sites for hydroxylation is 3. The van der Waals surface area contributed by atoms with Crippen molar-refractivity contribution in [1.29, 1.82) is 0 Å². The third kappa shape index (κ3) is 7.67. The molecule has 0 aliphatic carbocycles. The van der Waals surface area contributed by atoms with E-state index >= 15 is 0 Å². The number of carbonyl (C=O) groups is 1. The van der Waals surface area contributed by atoms with Crippen molar-refractivity contribution in [2.75, 3.05) is 24.5 Å². The first-order valence-corrected chi connectivity index (χ1v) is 16.5. The van der Waals surface area contributed by atoms with Gasteiger partial charge in [0.05, 0.1) is 16.9 Å². The molecule has 1 aromatic heterocycles. The Morgan fingerprint density at radius 1 is 1.00 bits per heavy atom. The highest BCUT2D eigenvalue weighted by molar-refractivity contribution is 5.88. The maximum atomic E-state index is 13.8. The van der Waals surface area contributed by atoms with E-state index in [-0.39, 0.29) is 12.0 Å². The summed E-state index contributed by atoms with van der Waals surface area (Å²) >= 11 is 0. The molecule has 6 nitrogen and oxygen atoms in total. The minimum absolute atomic E-state index is 0.193. The van der Waals surface area contributed by atoms with Crippen LogP contribution in [0.2, 0.25) is 0 Å². The Morgan fingerprint density at radius 2 is 1.68 bits per heavy atom. The van der Waals surface area contributed by atoms with E-state index in [1.807, 2.05) is 34.6 Å². The Balaban J connectivity index is 1.56. The Hall–Kier alpha value is -3.43. The number of rotatable bonds is 7. The maximum Gasteiger partial charge on any atom is 0.416 e. The normalized spacial score (nSPS) is 17.8. The second-order valence-electron chi connectivity index (χ2n) is 15.1. The van der Waals surface area contributed by atoms with Gasteiger partial charge in [0.1, 0.15) is 0 Å². The van der Waals surface area contributed by atoms with Gasteiger partial charge in [-0.1, -0.05) is 44.2 Å². The maximum absolute atomic E-state index is 13.8. The first-order valence-electron chi connectivity index (χ1n) is 16.5. The van der Waals surface area contributed by atoms with Gasteiger partial charge in [0.25, 0.3) is 0 Å². The van der Waals surface area contributed by atoms with Crippen LogP contribution in [0.3, 0.4) is 0 Å². The van der Waals surface area contributed by atoms with Gasteiger partial charge in [0.2, 0.25) is 0 Å². The highest BCUT2D eigenvalue weighted by Crippen LogP contribution is 2.45. The monoisotopic (exact) mass is 651 g/mol. The van der Waals surface area contributed by atoms with Crippen LogP contribution < -0.4 is 4.90 Å². The summed E-state index contributed by atoms with van der Waals surface area (Å²) in [6.45, 7) is 18.7. The van der Waals surface area contributed by atoms with Gasteiger partial charge in [-0.3, -0.25) is 9.88 Å². The molecule has 2 aliphatic rings. The van der Waals surface area contributed by atoms with E-state index in [0.29, 0.717) is 41.9 Å². The van der Waals surface area contributed by atoms with Crippen LogP contribution in [-0.4, -0.2) is 46.2 Å². The summed E-state index contributed by atoms with van der Waals surface area (Å²) in [5, 5.41) is 10.5. The van der Waals surface area contributed by atoms with Gasteiger partial charge >= 0.3 is 12.1 Å². The lowest BCUT2D eigenvalue weighted by Gasteiger charge is -2.41. The van der Waals surface area contributed by atoms with E-state index < -0.39 is 29.4 Å². The molecule has 0 unspecified atom stereocenters. The largest absolute Gasteiger partial charge is 0.479 e. The minimum Gasteiger partial charge on any atom is -0.479 e. The molecular formula is C38H48F3N3O3. The number of benzene rings is 2. The molecule has 254 valence electrons. The number of anilines is 1. The number of aliphatic carboxylic acids is 1. The van der Waals surface area contributed by atoms with Gasteiger partial charge in [0, 0.05) is 55.2 Å². The molecule has 0 radical (unpaired) electrons. The number of ether oxygens (including phenoxy) is 1. The number of hydrogen-bond donors (Lipinski definition) is 1. The summed E-state index contributed by atoms with van der Waals surface area (Å²) in [5.41, 5.74) is 6.93. The zero-order chi connectivity index (χ0) is 34.5. The molecular weight excluding hydrogens is 603 g/mol. The standard InChI is InChI=1S/C38H48F3N3O3/c1-23-10-9-11-30(38(39,40)41)29(23)22-43-17-14-26-20-27(12-13-28(26)21-43)31-24(2)42-25(3)32(34(35(45)46)47-36(4,5)6)33(31)44-18-15-37(7,8)16-19-44/h9-13,20,34H,14-19,21-22H2,1-8H3,(H,45,46)/t34-/m0/s1. The second kappa shape index (κ2) is 12.9. The molecule has 1 N–H and O–H groups in total. The van der Waals surface area contributed by atoms with E-state index in [2.05, 4.69) is 41.8 Å². The molecule has 1 fully saturated rings. The molecule has 1 atom stereocenters. The van der Waals surface area contributed by atoms with Gasteiger partial charge in [0.15, 0.2) is 6.10 Å². The summed E-state index contributed by atoms with van der Waals surface area (Å²) in [5.74, 6) is -1.05. The number of halogens is 3. The number of nitrogens with zero attached hydrogens (tertiary/aromatic N) is 3. The van der Waals surface area contributed by atoms with Crippen molar-refractivity contribution in [2.45, 2.75) is 106 Å². The molecule has 3 heterocycles. The smallest absolute Gasteiger partial charge is 0.416 e. The number of aromatic nitrogens is 1. The topological polar surface area (TPSA) is 65.9 Å². The molecule has 2 aliphatic heterocycles. The lowest BCUT2D eigenvalue weighted by Crippen LogP contribution is -2.39. The molecule has 47 heavy (non-hydrogen) atoms. The van der Waals surface area contributed by atoms with Crippen molar-refractivity contribution < 1.29 is 27.8 Å². The molecule has 5 rings (SSSR count). The number of carboxylic acids is 1. The summed E-state index contributed by atoms with van der Waals surface area (Å²) in [6, 6.07) is 10.7. The number of carboxylic acid groups (broad SMARTS) is 1. The third-order valence-corrected chi connectivity index (χ3v) is 9.65. The van der Waals surface area contributed by atoms with E-state index in [1.54, 1.807) is 13.0 Å². The molecule has 0 bridgehead atoms. The average Bonchev–Trinajstić information content (AvgIpc) is 2.95. The van der Waals surface area contributed by atoms with E-state index in [0.717, 1.165) is 59.6 Å². The number of pyridine rings is 1. The van der Waals surface area contributed by atoms with Gasteiger partial charge in [-0.05, 0) is 100 Å². The predicted molar refractivity (Wildman–Crippen MR) is 180 cm³/mol. The Bertz CT molecular complexity index is 1650. The van der Waals surface area contributed by atoms with E-state index in [9.17, 15) is 23.1 Å². The molecule has 0 saturated carbocycles. The SMILES string of the molecule is Cc1cccc(C(F)(F)F)c1CN1CCc2cc(-c3c(C)nc(C)c([C@H](OC(C)(C)C)C(=O)O)c3N3CCC(C)(C)CC3)ccc2C1. The van der Waals surface area contributed by atoms with Crippen LogP contribution in [0.5, 0.6) is 0 Å². The van der Waals surface area contributed by atoms with Gasteiger partial charge in [-0.15, -0.1) is 0 Å². The zero-order valence-corrected chi connectivity index (χ0v) is 28.9. The van der Waals surface area contributed by atoms with Crippen LogP contribution in [0.25, 0.3) is 11.1 Å². The molecule has 2 aromatic carbocycles. The van der Waals surface area contributed by atoms with Crippen molar-refractivity contribution in [3.05, 3.63) is 81.2 Å². The number of piperidine rings is 1. The third-order valence-electron chi connectivity index (χ3n) is 9.65. The van der Waals surface area contributed by atoms with Gasteiger partial charge < -0.3 is 14.7 Å². The fourth-order valence-electron chi connectivity index (χ4n) is 7.06. The lowest BCUT2D eigenvalue weighted by atomic mass is 9.81. The van der Waals surface area contributed by atoms with Crippen molar-refractivity contribution in [3.63, 3.8) is 0 Å². The zero-order valence-electron chi connectivity index (χ0n) is 28.9. The average molecular weight is 652 g/mol. The quantitative estimate of drug-likeness (QED) is 0.276. The van der Waals surface area contributed by atoms with Gasteiger partial charge in [-0.2, -0.15) is 13.2 Å². The van der Waals surface area contributed by atoms with Crippen LogP contribution >= 0.6 is 0 Å². The summed E-state index contributed by atoms with van der Waals surface area (Å²) in [6.07, 6.45) is -2.95. The van der Waals surface area contributed by atoms with E-state index in [1.165, 1.54) is 12.1 Å². The Kier molecular flexibility index (Phi) is 9.56. The summed E-state index contributed by atoms with van der Waals surface area (Å²) in [4.78, 5) is 22.1. The van der Waals surface area contributed by atoms with Crippen molar-refractivity contribution in [3.8, 4) is 11.1 Å². The first-order chi connectivity index (χ1) is 21.8. The highest BCUT2D eigenvalue weighted by Gasteiger charge is 2.37. The highest BCUT2D eigenvalue weighted by atomic mass is 19.4. The fourth-order valence-corrected chi connectivity index (χ4v) is 7.06. The number of fused-ring (bicyclic) bond motifs is 1. The Morgan fingerprint density at radius 3 is 2.30 bits per heavy atom. The minimum atomic E-state index is -4.40. The molecule has 1 saturated heterocycles. The molecule has 3 aromatic rings. The van der Waals surface area contributed by atoms with Crippen LogP contribution in [0.15, 0.2) is 36.4 Å². The van der Waals surface area contributed by atoms with Gasteiger partial charge in [-0.25, -0.2) is 4.79 Å². The van der Waals surface area contributed by atoms with Crippen LogP contribution in [0, 0.1) is 26.2 Å². The summed E-state index contributed by atoms with van der Waals surface area (Å²) < 4.78 is 47.7. The van der Waals surface area contributed by atoms with Crippen molar-refractivity contribution >= 4 is 11.7 Å². The van der Waals surface area contributed by atoms with Crippen LogP contribution in [0.1, 0.15) is 98.3 Å². The Labute approximate surface area is 277 Å². The first kappa shape index (κ1) is 34.9. The molecule has 0 spiro atoms. The second-order valence-corrected chi connectivity index (χ2v) is 15.1.